The minimum Gasteiger partial charge on any atom is -0.508 e. The Morgan fingerprint density at radius 3 is 1.75 bits per heavy atom. The number of carbonyl (C=O) groups is 14. The lowest BCUT2D eigenvalue weighted by Gasteiger charge is -2.31. The maximum Gasteiger partial charge on any atom is 0.326 e. The normalized spacial score (nSPS) is 20.4. The van der Waals surface area contributed by atoms with Crippen molar-refractivity contribution in [2.24, 2.45) is 29.4 Å². The number of aromatic amines is 2. The van der Waals surface area contributed by atoms with Gasteiger partial charge in [0.15, 0.2) is 0 Å². The Balaban J connectivity index is 1.30. The fraction of sp³-hybridized carbons (Fsp3) is 0.519. The number of hydrogen-bond donors (Lipinski definition) is 19. The van der Waals surface area contributed by atoms with E-state index in [0.717, 1.165) is 32.5 Å². The van der Waals surface area contributed by atoms with Crippen LogP contribution in [-0.4, -0.2) is 215 Å². The molecule has 616 valence electrons. The average Bonchev–Trinajstić information content (AvgIpc) is 1.58. The number of aromatic nitrogens is 3. The molecular weight excluding hydrogens is 1500 g/mol. The van der Waals surface area contributed by atoms with Gasteiger partial charge in [0.25, 0.3) is 0 Å². The van der Waals surface area contributed by atoms with Crippen molar-refractivity contribution in [3.63, 3.8) is 0 Å². The van der Waals surface area contributed by atoms with Crippen LogP contribution in [0.2, 0.25) is 0 Å². The van der Waals surface area contributed by atoms with Crippen molar-refractivity contribution < 1.29 is 87.5 Å². The smallest absolute Gasteiger partial charge is 0.326 e. The molecule has 2 aromatic heterocycles. The molecule has 1 aliphatic rings. The number of aliphatic hydroxyl groups is 1. The zero-order valence-corrected chi connectivity index (χ0v) is 66.3. The summed E-state index contributed by atoms with van der Waals surface area (Å²) in [7, 11) is 1.91. The van der Waals surface area contributed by atoms with Gasteiger partial charge in [-0.2, -0.15) is 0 Å². The van der Waals surface area contributed by atoms with E-state index in [0.29, 0.717) is 42.4 Å². The van der Waals surface area contributed by atoms with Crippen molar-refractivity contribution in [2.75, 3.05) is 24.7 Å². The van der Waals surface area contributed by atoms with Crippen LogP contribution in [0.3, 0.4) is 0 Å². The number of carboxylic acid groups (broad SMARTS) is 2. The number of imidazole rings is 1. The number of rotatable bonds is 31. The third-order valence-electron chi connectivity index (χ3n) is 19.2. The highest BCUT2D eigenvalue weighted by atomic mass is 33.1. The van der Waals surface area contributed by atoms with Gasteiger partial charge in [0, 0.05) is 79.1 Å². The summed E-state index contributed by atoms with van der Waals surface area (Å²) < 4.78 is 0. The topological polar surface area (TPSA) is 535 Å². The van der Waals surface area contributed by atoms with Gasteiger partial charge in [0.05, 0.1) is 25.4 Å². The molecule has 0 bridgehead atoms. The molecule has 14 atom stereocenters. The molecule has 1 aliphatic heterocycles. The molecule has 14 unspecified atom stereocenters. The highest BCUT2D eigenvalue weighted by Crippen LogP contribution is 2.25. The Hall–Kier alpha value is -10.6. The van der Waals surface area contributed by atoms with E-state index in [4.69, 9.17) is 5.73 Å². The molecular formula is C77H108N16O18S2. The molecule has 36 heteroatoms. The summed E-state index contributed by atoms with van der Waals surface area (Å²) in [6, 6.07) is 3.52. The molecule has 5 aromatic rings. The number of phenols is 1. The molecule has 0 radical (unpaired) electrons. The van der Waals surface area contributed by atoms with Crippen LogP contribution >= 0.6 is 21.6 Å². The number of aliphatic hydroxyl groups excluding tert-OH is 1. The van der Waals surface area contributed by atoms with Crippen LogP contribution in [0.5, 0.6) is 5.75 Å². The van der Waals surface area contributed by atoms with Crippen molar-refractivity contribution in [3.05, 3.63) is 120 Å². The van der Waals surface area contributed by atoms with Gasteiger partial charge in [-0.1, -0.05) is 157 Å². The second-order valence-electron chi connectivity index (χ2n) is 29.0. The Morgan fingerprint density at radius 1 is 0.575 bits per heavy atom. The van der Waals surface area contributed by atoms with E-state index in [9.17, 15) is 73.2 Å². The van der Waals surface area contributed by atoms with Gasteiger partial charge < -0.3 is 99.9 Å². The molecule has 0 aliphatic carbocycles. The van der Waals surface area contributed by atoms with Crippen molar-refractivity contribution in [2.45, 2.75) is 205 Å². The largest absolute Gasteiger partial charge is 0.508 e. The first-order valence-corrected chi connectivity index (χ1v) is 40.3. The minimum atomic E-state index is -1.92. The number of hydrogen-bond acceptors (Lipinski definition) is 20. The van der Waals surface area contributed by atoms with Crippen molar-refractivity contribution in [1.82, 2.24) is 78.8 Å². The van der Waals surface area contributed by atoms with Crippen molar-refractivity contribution >= 4 is 115 Å². The summed E-state index contributed by atoms with van der Waals surface area (Å²) in [5.41, 5.74) is 8.94. The van der Waals surface area contributed by atoms with E-state index in [-0.39, 0.29) is 74.4 Å². The zero-order valence-electron chi connectivity index (χ0n) is 64.6. The number of H-pyrrole nitrogens is 2. The van der Waals surface area contributed by atoms with Crippen LogP contribution in [0.15, 0.2) is 97.6 Å². The summed E-state index contributed by atoms with van der Waals surface area (Å²) >= 11 is 0. The Labute approximate surface area is 663 Å². The predicted molar refractivity (Wildman–Crippen MR) is 422 cm³/mol. The summed E-state index contributed by atoms with van der Waals surface area (Å²) in [5.74, 6) is -16.3. The Morgan fingerprint density at radius 2 is 1.14 bits per heavy atom. The SMILES string of the molecule is CCC(C)C(NC(=O)C(CC(=O)O)NC(=O)C(CC(C)C)NC(=O)C(Cc1cnc[nH]1)NC(=O)C1CSSCC(N)C(=O)NC(CO)C(=O)NCCCCCC(=O)NC(C(C)C)C(=O)NC(Cc2ccc(O)cc2)C(=O)NC(Cc2ccccc2)C(=O)N1)C(=O)NC(C(=O)NC(Cc1c[nH]c2ccccc12)C(=O)O)C(C)CC. The number of amides is 12. The first kappa shape index (κ1) is 91.3. The predicted octanol–water partition coefficient (Wildman–Crippen LogP) is 0.945. The first-order valence-electron chi connectivity index (χ1n) is 37.8. The van der Waals surface area contributed by atoms with E-state index >= 15 is 14.4 Å². The Bertz CT molecular complexity index is 4040. The first-order chi connectivity index (χ1) is 53.8. The van der Waals surface area contributed by atoms with Gasteiger partial charge in [0.1, 0.15) is 72.2 Å². The summed E-state index contributed by atoms with van der Waals surface area (Å²) in [6.07, 6.45) is 3.95. The summed E-state index contributed by atoms with van der Waals surface area (Å²) in [5, 5.41) is 73.3. The van der Waals surface area contributed by atoms with Crippen LogP contribution in [0.25, 0.3) is 10.9 Å². The zero-order chi connectivity index (χ0) is 83.0. The number of aliphatic carboxylic acids is 2. The lowest BCUT2D eigenvalue weighted by molar-refractivity contribution is -0.142. The molecule has 3 heterocycles. The highest BCUT2D eigenvalue weighted by molar-refractivity contribution is 8.76. The molecule has 1 saturated heterocycles. The second kappa shape index (κ2) is 45.8. The van der Waals surface area contributed by atoms with Gasteiger partial charge in [0.2, 0.25) is 70.9 Å². The van der Waals surface area contributed by atoms with Gasteiger partial charge in [-0.05, 0) is 77.8 Å². The fourth-order valence-corrected chi connectivity index (χ4v) is 14.5. The van der Waals surface area contributed by atoms with E-state index < -0.39 is 192 Å². The summed E-state index contributed by atoms with van der Waals surface area (Å²) in [6.45, 7) is 12.8. The van der Waals surface area contributed by atoms with Crippen LogP contribution in [0.4, 0.5) is 0 Å². The number of carbonyl (C=O) groups excluding carboxylic acids is 12. The van der Waals surface area contributed by atoms with E-state index in [1.165, 1.54) is 36.8 Å². The molecule has 3 aromatic carbocycles. The van der Waals surface area contributed by atoms with Crippen molar-refractivity contribution in [1.29, 1.82) is 0 Å². The maximum absolute atomic E-state index is 15.2. The Kier molecular flexibility index (Phi) is 37.0. The van der Waals surface area contributed by atoms with Gasteiger partial charge in [-0.25, -0.2) is 9.78 Å². The fourth-order valence-electron chi connectivity index (χ4n) is 12.2. The molecule has 113 heavy (non-hydrogen) atoms. The monoisotopic (exact) mass is 1610 g/mol. The number of aromatic hydroxyl groups is 1. The van der Waals surface area contributed by atoms with E-state index in [1.54, 1.807) is 110 Å². The summed E-state index contributed by atoms with van der Waals surface area (Å²) in [4.78, 5) is 208. The minimum absolute atomic E-state index is 0.0200. The third-order valence-corrected chi connectivity index (χ3v) is 21.6. The van der Waals surface area contributed by atoms with Crippen LogP contribution in [0, 0.1) is 23.7 Å². The number of phenolic OH excluding ortho intramolecular Hbond substituents is 1. The lowest BCUT2D eigenvalue weighted by atomic mass is 9.94. The molecule has 0 spiro atoms. The maximum atomic E-state index is 15.2. The van der Waals surface area contributed by atoms with Crippen LogP contribution < -0.4 is 69.5 Å². The lowest BCUT2D eigenvalue weighted by Crippen LogP contribution is -2.62. The molecule has 0 saturated carbocycles. The number of carboxylic acids is 2. The molecule has 1 fully saturated rings. The average molecular weight is 1610 g/mol. The number of nitrogens with zero attached hydrogens (tertiary/aromatic N) is 1. The molecule has 34 nitrogen and oxygen atoms in total. The quantitative estimate of drug-likeness (QED) is 0.0275. The van der Waals surface area contributed by atoms with Crippen LogP contribution in [-0.2, 0) is 92.8 Å². The number of benzene rings is 3. The molecule has 12 amide bonds. The number of nitrogens with one attached hydrogen (secondary N) is 14. The van der Waals surface area contributed by atoms with Gasteiger partial charge >= 0.3 is 11.9 Å². The second-order valence-corrected chi connectivity index (χ2v) is 31.5. The van der Waals surface area contributed by atoms with Crippen molar-refractivity contribution in [3.8, 4) is 5.75 Å². The van der Waals surface area contributed by atoms with E-state index in [2.05, 4.69) is 78.8 Å². The number of para-hydroxylation sites is 1. The number of fused-ring (bicyclic) bond motifs is 1. The molecule has 20 N–H and O–H groups in total. The standard InChI is InChI=1S/C77H108N16O18S2/c1-9-43(7)64(75(108)88-58(77(110)111)32-47-35-81-52-22-17-16-21-50(47)52)93-76(109)65(44(8)10-2)92-72(105)57(34-62(97)98)86-68(101)53(29-41(3)4)83-71(104)56(33-48-36-79-40-82-48)85-73(106)60-39-113-112-38-51(78)66(99)89-59(37-94)67(100)80-28-18-12-15-23-61(96)91-63(42(5)6)74(107)87-55(31-46-24-26-49(95)27-25-46)69(102)84-54(70(103)90-60)30-45-19-13-11-14-20-45/h11,13-14,16-17,19-22,24-27,35-36,40-44,51,53-60,63-65,81,94-95H,9-10,12,15,18,23,28-34,37-39,78H2,1-8H3,(H,79,82)(H,80,100)(H,83,104)(H,84,102)(H,85,106)(H,86,101)(H,87,107)(H,88,108)(H,89,99)(H,90,103)(H,91,96)(H,92,105)(H,93,109)(H,97,98)(H,110,111). The van der Waals surface area contributed by atoms with Gasteiger partial charge in [-0.15, -0.1) is 0 Å². The van der Waals surface area contributed by atoms with Gasteiger partial charge in [-0.3, -0.25) is 62.3 Å². The van der Waals surface area contributed by atoms with Crippen LogP contribution in [0.1, 0.15) is 129 Å². The highest BCUT2D eigenvalue weighted by Gasteiger charge is 2.40. The van der Waals surface area contributed by atoms with E-state index in [1.807, 2.05) is 6.07 Å². The third kappa shape index (κ3) is 29.5. The number of nitrogens with two attached hydrogens (primary N) is 1. The molecule has 6 rings (SSSR count).